The quantitative estimate of drug-likeness (QED) is 0.797. The van der Waals surface area contributed by atoms with E-state index in [0.29, 0.717) is 23.4 Å². The van der Waals surface area contributed by atoms with Crippen molar-refractivity contribution in [2.75, 3.05) is 32.8 Å². The second-order valence-electron chi connectivity index (χ2n) is 6.17. The third kappa shape index (κ3) is 3.82. The highest BCUT2D eigenvalue weighted by molar-refractivity contribution is 5.85. The number of ether oxygens (including phenoxy) is 1. The first kappa shape index (κ1) is 16.9. The lowest BCUT2D eigenvalue weighted by Crippen LogP contribution is -2.51. The SMILES string of the molecule is Cc1ncc(CO)c(C=NCC(C)(C)N2CCOCC2)c1O. The van der Waals surface area contributed by atoms with Gasteiger partial charge in [-0.2, -0.15) is 0 Å². The molecule has 0 aromatic carbocycles. The van der Waals surface area contributed by atoms with Crippen molar-refractivity contribution >= 4 is 6.21 Å². The highest BCUT2D eigenvalue weighted by atomic mass is 16.5. The highest BCUT2D eigenvalue weighted by Crippen LogP contribution is 2.22. The summed E-state index contributed by atoms with van der Waals surface area (Å²) in [4.78, 5) is 10.9. The van der Waals surface area contributed by atoms with Crippen molar-refractivity contribution < 1.29 is 14.9 Å². The van der Waals surface area contributed by atoms with Crippen LogP contribution in [0.1, 0.15) is 30.7 Å². The van der Waals surface area contributed by atoms with E-state index >= 15 is 0 Å². The Balaban J connectivity index is 2.10. The fraction of sp³-hybridized carbons (Fsp3) is 0.625. The molecule has 1 aromatic heterocycles. The molecule has 2 rings (SSSR count). The van der Waals surface area contributed by atoms with Crippen LogP contribution in [0, 0.1) is 6.92 Å². The van der Waals surface area contributed by atoms with Crippen molar-refractivity contribution in [3.63, 3.8) is 0 Å². The van der Waals surface area contributed by atoms with Crippen LogP contribution in [0.5, 0.6) is 5.75 Å². The van der Waals surface area contributed by atoms with Gasteiger partial charge in [0.25, 0.3) is 0 Å². The van der Waals surface area contributed by atoms with Gasteiger partial charge in [-0.3, -0.25) is 14.9 Å². The molecule has 1 aliphatic heterocycles. The van der Waals surface area contributed by atoms with Gasteiger partial charge < -0.3 is 14.9 Å². The number of hydrogen-bond acceptors (Lipinski definition) is 6. The van der Waals surface area contributed by atoms with E-state index in [1.54, 1.807) is 19.3 Å². The summed E-state index contributed by atoms with van der Waals surface area (Å²) in [5.41, 5.74) is 1.59. The van der Waals surface area contributed by atoms with Gasteiger partial charge in [-0.1, -0.05) is 0 Å². The Kier molecular flexibility index (Phi) is 5.50. The number of aromatic nitrogens is 1. The zero-order valence-electron chi connectivity index (χ0n) is 13.5. The van der Waals surface area contributed by atoms with Gasteiger partial charge in [0.2, 0.25) is 0 Å². The average molecular weight is 307 g/mol. The number of pyridine rings is 1. The molecule has 22 heavy (non-hydrogen) atoms. The zero-order valence-corrected chi connectivity index (χ0v) is 13.5. The number of rotatable bonds is 5. The molecule has 1 aliphatic rings. The Bertz CT molecular complexity index is 538. The number of hydrogen-bond donors (Lipinski definition) is 2. The summed E-state index contributed by atoms with van der Waals surface area (Å²) >= 11 is 0. The summed E-state index contributed by atoms with van der Waals surface area (Å²) in [6.45, 7) is 9.80. The van der Waals surface area contributed by atoms with Crippen molar-refractivity contribution in [3.05, 3.63) is 23.0 Å². The average Bonchev–Trinajstić information content (AvgIpc) is 2.52. The van der Waals surface area contributed by atoms with Crippen molar-refractivity contribution in [1.82, 2.24) is 9.88 Å². The zero-order chi connectivity index (χ0) is 16.2. The van der Waals surface area contributed by atoms with Gasteiger partial charge in [-0.25, -0.2) is 0 Å². The van der Waals surface area contributed by atoms with Crippen LogP contribution in [-0.4, -0.2) is 64.7 Å². The van der Waals surface area contributed by atoms with Crippen molar-refractivity contribution in [1.29, 1.82) is 0 Å². The molecule has 0 radical (unpaired) electrons. The lowest BCUT2D eigenvalue weighted by molar-refractivity contribution is -0.00676. The van der Waals surface area contributed by atoms with Crippen molar-refractivity contribution in [2.24, 2.45) is 4.99 Å². The molecule has 0 amide bonds. The molecular weight excluding hydrogens is 282 g/mol. The van der Waals surface area contributed by atoms with Gasteiger partial charge in [0.15, 0.2) is 0 Å². The van der Waals surface area contributed by atoms with E-state index < -0.39 is 0 Å². The van der Waals surface area contributed by atoms with E-state index in [0.717, 1.165) is 26.3 Å². The largest absolute Gasteiger partial charge is 0.505 e. The van der Waals surface area contributed by atoms with Crippen molar-refractivity contribution in [2.45, 2.75) is 32.9 Å². The molecule has 0 atom stereocenters. The fourth-order valence-electron chi connectivity index (χ4n) is 2.55. The number of morpholine rings is 1. The van der Waals surface area contributed by atoms with Gasteiger partial charge in [0.1, 0.15) is 5.75 Å². The van der Waals surface area contributed by atoms with Gasteiger partial charge in [0, 0.05) is 42.2 Å². The second kappa shape index (κ2) is 7.17. The van der Waals surface area contributed by atoms with Crippen LogP contribution in [-0.2, 0) is 11.3 Å². The normalized spacial score (nSPS) is 17.3. The summed E-state index contributed by atoms with van der Waals surface area (Å²) in [7, 11) is 0. The molecule has 6 nitrogen and oxygen atoms in total. The Labute approximate surface area is 131 Å². The van der Waals surface area contributed by atoms with Crippen LogP contribution < -0.4 is 0 Å². The van der Waals surface area contributed by atoms with E-state index in [-0.39, 0.29) is 17.9 Å². The van der Waals surface area contributed by atoms with E-state index in [1.807, 2.05) is 0 Å². The molecule has 2 N–H and O–H groups in total. The fourth-order valence-corrected chi connectivity index (χ4v) is 2.55. The lowest BCUT2D eigenvalue weighted by Gasteiger charge is -2.39. The van der Waals surface area contributed by atoms with Crippen LogP contribution in [0.2, 0.25) is 0 Å². The lowest BCUT2D eigenvalue weighted by atomic mass is 10.0. The Morgan fingerprint density at radius 3 is 2.73 bits per heavy atom. The molecule has 2 heterocycles. The molecule has 0 bridgehead atoms. The summed E-state index contributed by atoms with van der Waals surface area (Å²) in [5.74, 6) is 0.0829. The number of aliphatic imine (C=N–C) groups is 1. The number of aromatic hydroxyl groups is 1. The highest BCUT2D eigenvalue weighted by Gasteiger charge is 2.27. The monoisotopic (exact) mass is 307 g/mol. The maximum absolute atomic E-state index is 10.1. The number of nitrogens with zero attached hydrogens (tertiary/aromatic N) is 3. The van der Waals surface area contributed by atoms with Crippen molar-refractivity contribution in [3.8, 4) is 5.75 Å². The first-order chi connectivity index (χ1) is 10.5. The van der Waals surface area contributed by atoms with Crippen LogP contribution >= 0.6 is 0 Å². The summed E-state index contributed by atoms with van der Waals surface area (Å²) in [6.07, 6.45) is 3.21. The molecular formula is C16H25N3O3. The van der Waals surface area contributed by atoms with E-state index in [4.69, 9.17) is 4.74 Å². The molecule has 6 heteroatoms. The van der Waals surface area contributed by atoms with Gasteiger partial charge >= 0.3 is 0 Å². The van der Waals surface area contributed by atoms with Gasteiger partial charge in [-0.15, -0.1) is 0 Å². The minimum absolute atomic E-state index is 0.0721. The molecule has 1 fully saturated rings. The number of aliphatic hydroxyl groups excluding tert-OH is 1. The number of aryl methyl sites for hydroxylation is 1. The predicted molar refractivity (Wildman–Crippen MR) is 85.5 cm³/mol. The number of aliphatic hydroxyl groups is 1. The third-order valence-corrected chi connectivity index (χ3v) is 4.09. The molecule has 1 aromatic rings. The third-order valence-electron chi connectivity index (χ3n) is 4.09. The van der Waals surface area contributed by atoms with Gasteiger partial charge in [-0.05, 0) is 20.8 Å². The first-order valence-corrected chi connectivity index (χ1v) is 7.56. The minimum atomic E-state index is -0.172. The predicted octanol–water partition coefficient (Wildman–Crippen LogP) is 1.12. The second-order valence-corrected chi connectivity index (χ2v) is 6.17. The maximum Gasteiger partial charge on any atom is 0.145 e. The molecule has 0 aliphatic carbocycles. The topological polar surface area (TPSA) is 78.2 Å². The molecule has 1 saturated heterocycles. The molecule has 0 saturated carbocycles. The standard InChI is InChI=1S/C16H25N3O3/c1-12-15(21)14(13(10-20)8-18-12)9-17-11-16(2,3)19-4-6-22-7-5-19/h8-9,20-21H,4-7,10-11H2,1-3H3. The van der Waals surface area contributed by atoms with Gasteiger partial charge in [0.05, 0.1) is 32.1 Å². The molecule has 0 spiro atoms. The molecule has 122 valence electrons. The molecule has 0 unspecified atom stereocenters. The summed E-state index contributed by atoms with van der Waals surface area (Å²) in [6, 6.07) is 0. The first-order valence-electron chi connectivity index (χ1n) is 7.56. The minimum Gasteiger partial charge on any atom is -0.505 e. The Hall–Kier alpha value is -1.50. The van der Waals surface area contributed by atoms with Crippen LogP contribution in [0.15, 0.2) is 11.2 Å². The van der Waals surface area contributed by atoms with E-state index in [2.05, 4.69) is 28.7 Å². The maximum atomic E-state index is 10.1. The smallest absolute Gasteiger partial charge is 0.145 e. The summed E-state index contributed by atoms with van der Waals surface area (Å²) in [5, 5.41) is 19.5. The van der Waals surface area contributed by atoms with Crippen LogP contribution in [0.3, 0.4) is 0 Å². The van der Waals surface area contributed by atoms with Crippen LogP contribution in [0.4, 0.5) is 0 Å². The van der Waals surface area contributed by atoms with E-state index in [1.165, 1.54) is 0 Å². The van der Waals surface area contributed by atoms with E-state index in [9.17, 15) is 10.2 Å². The Morgan fingerprint density at radius 1 is 1.41 bits per heavy atom. The summed E-state index contributed by atoms with van der Waals surface area (Å²) < 4.78 is 5.38. The van der Waals surface area contributed by atoms with Crippen LogP contribution in [0.25, 0.3) is 0 Å². The Morgan fingerprint density at radius 2 is 2.09 bits per heavy atom.